The summed E-state index contributed by atoms with van der Waals surface area (Å²) in [7, 11) is 0. The van der Waals surface area contributed by atoms with Gasteiger partial charge in [0.2, 0.25) is 5.96 Å². The SMILES string of the molecule is CCc1ccc(NC(=NC[C@H]2CCCO2)NC(=O)c2cccc(C)c2)cc1. The predicted octanol–water partition coefficient (Wildman–Crippen LogP) is 3.93. The Hall–Kier alpha value is -2.66. The maximum Gasteiger partial charge on any atom is 0.257 e. The molecule has 0 aromatic heterocycles. The van der Waals surface area contributed by atoms with Crippen molar-refractivity contribution in [1.82, 2.24) is 5.32 Å². The number of hydrogen-bond acceptors (Lipinski definition) is 3. The number of benzene rings is 2. The first kappa shape index (κ1) is 19.1. The van der Waals surface area contributed by atoms with Crippen molar-refractivity contribution in [3.05, 3.63) is 65.2 Å². The van der Waals surface area contributed by atoms with Gasteiger partial charge in [0, 0.05) is 17.9 Å². The van der Waals surface area contributed by atoms with E-state index in [1.54, 1.807) is 6.07 Å². The monoisotopic (exact) mass is 365 g/mol. The molecule has 0 bridgehead atoms. The molecule has 1 saturated heterocycles. The molecule has 5 nitrogen and oxygen atoms in total. The van der Waals surface area contributed by atoms with Crippen LogP contribution in [0.5, 0.6) is 0 Å². The Kier molecular flexibility index (Phi) is 6.60. The summed E-state index contributed by atoms with van der Waals surface area (Å²) in [6, 6.07) is 15.7. The summed E-state index contributed by atoms with van der Waals surface area (Å²) in [5.74, 6) is 0.267. The van der Waals surface area contributed by atoms with E-state index in [1.807, 2.05) is 37.3 Å². The van der Waals surface area contributed by atoms with Crippen molar-refractivity contribution in [2.45, 2.75) is 39.2 Å². The Morgan fingerprint density at radius 1 is 1.22 bits per heavy atom. The van der Waals surface area contributed by atoms with Gasteiger partial charge in [-0.05, 0) is 56.0 Å². The second-order valence-electron chi connectivity index (χ2n) is 6.82. The fourth-order valence-electron chi connectivity index (χ4n) is 3.02. The van der Waals surface area contributed by atoms with Gasteiger partial charge in [-0.2, -0.15) is 0 Å². The van der Waals surface area contributed by atoms with E-state index in [4.69, 9.17) is 4.74 Å². The molecule has 0 radical (unpaired) electrons. The average Bonchev–Trinajstić information content (AvgIpc) is 3.20. The Balaban J connectivity index is 1.73. The van der Waals surface area contributed by atoms with Crippen LogP contribution in [0.2, 0.25) is 0 Å². The molecule has 1 heterocycles. The molecule has 0 saturated carbocycles. The van der Waals surface area contributed by atoms with Crippen molar-refractivity contribution >= 4 is 17.6 Å². The maximum atomic E-state index is 12.6. The molecule has 1 aliphatic rings. The van der Waals surface area contributed by atoms with Crippen molar-refractivity contribution in [2.75, 3.05) is 18.5 Å². The zero-order valence-corrected chi connectivity index (χ0v) is 16.0. The minimum atomic E-state index is -0.178. The summed E-state index contributed by atoms with van der Waals surface area (Å²) in [6.07, 6.45) is 3.19. The van der Waals surface area contributed by atoms with Crippen LogP contribution in [0.25, 0.3) is 0 Å². The van der Waals surface area contributed by atoms with Gasteiger partial charge in [-0.3, -0.25) is 10.1 Å². The highest BCUT2D eigenvalue weighted by Gasteiger charge is 2.16. The zero-order chi connectivity index (χ0) is 19.1. The molecule has 1 aliphatic heterocycles. The largest absolute Gasteiger partial charge is 0.376 e. The fourth-order valence-corrected chi connectivity index (χ4v) is 3.02. The van der Waals surface area contributed by atoms with Gasteiger partial charge in [0.25, 0.3) is 5.91 Å². The van der Waals surface area contributed by atoms with Crippen molar-refractivity contribution < 1.29 is 9.53 Å². The molecule has 2 aromatic rings. The third-order valence-corrected chi connectivity index (χ3v) is 4.61. The van der Waals surface area contributed by atoms with E-state index in [1.165, 1.54) is 5.56 Å². The van der Waals surface area contributed by atoms with Crippen LogP contribution in [0.4, 0.5) is 5.69 Å². The van der Waals surface area contributed by atoms with Crippen LogP contribution in [0.1, 0.15) is 41.3 Å². The fraction of sp³-hybridized carbons (Fsp3) is 0.364. The lowest BCUT2D eigenvalue weighted by atomic mass is 10.1. The van der Waals surface area contributed by atoms with Gasteiger partial charge in [0.05, 0.1) is 12.6 Å². The van der Waals surface area contributed by atoms with Gasteiger partial charge in [-0.25, -0.2) is 4.99 Å². The number of hydrogen-bond donors (Lipinski definition) is 2. The first-order chi connectivity index (χ1) is 13.1. The summed E-state index contributed by atoms with van der Waals surface area (Å²) < 4.78 is 5.64. The van der Waals surface area contributed by atoms with Crippen LogP contribution in [0, 0.1) is 6.92 Å². The number of amides is 1. The van der Waals surface area contributed by atoms with E-state index in [0.29, 0.717) is 18.1 Å². The van der Waals surface area contributed by atoms with Crippen LogP contribution >= 0.6 is 0 Å². The number of aliphatic imine (C=N–C) groups is 1. The number of aryl methyl sites for hydroxylation is 2. The highest BCUT2D eigenvalue weighted by atomic mass is 16.5. The number of rotatable bonds is 5. The Bertz CT molecular complexity index is 793. The topological polar surface area (TPSA) is 62.7 Å². The van der Waals surface area contributed by atoms with Crippen molar-refractivity contribution in [2.24, 2.45) is 4.99 Å². The Morgan fingerprint density at radius 2 is 2.04 bits per heavy atom. The van der Waals surface area contributed by atoms with Gasteiger partial charge < -0.3 is 10.1 Å². The minimum Gasteiger partial charge on any atom is -0.376 e. The van der Waals surface area contributed by atoms with Crippen LogP contribution < -0.4 is 10.6 Å². The molecule has 0 unspecified atom stereocenters. The molecule has 27 heavy (non-hydrogen) atoms. The lowest BCUT2D eigenvalue weighted by molar-refractivity contribution is 0.0975. The second-order valence-corrected chi connectivity index (χ2v) is 6.82. The quantitative estimate of drug-likeness (QED) is 0.623. The van der Waals surface area contributed by atoms with Crippen molar-refractivity contribution in [3.8, 4) is 0 Å². The second kappa shape index (κ2) is 9.33. The number of nitrogens with one attached hydrogen (secondary N) is 2. The van der Waals surface area contributed by atoms with Crippen molar-refractivity contribution in [3.63, 3.8) is 0 Å². The molecule has 2 aromatic carbocycles. The smallest absolute Gasteiger partial charge is 0.257 e. The number of ether oxygens (including phenoxy) is 1. The van der Waals surface area contributed by atoms with E-state index in [9.17, 15) is 4.79 Å². The summed E-state index contributed by atoms with van der Waals surface area (Å²) >= 11 is 0. The number of carbonyl (C=O) groups is 1. The summed E-state index contributed by atoms with van der Waals surface area (Å²) in [4.78, 5) is 17.2. The number of carbonyl (C=O) groups excluding carboxylic acids is 1. The maximum absolute atomic E-state index is 12.6. The average molecular weight is 365 g/mol. The normalized spacial score (nSPS) is 17.0. The Labute approximate surface area is 160 Å². The van der Waals surface area contributed by atoms with E-state index in [0.717, 1.165) is 37.1 Å². The number of nitrogens with zero attached hydrogens (tertiary/aromatic N) is 1. The minimum absolute atomic E-state index is 0.125. The molecule has 0 aliphatic carbocycles. The van der Waals surface area contributed by atoms with Crippen LogP contribution in [-0.4, -0.2) is 31.1 Å². The van der Waals surface area contributed by atoms with E-state index < -0.39 is 0 Å². The third-order valence-electron chi connectivity index (χ3n) is 4.61. The highest BCUT2D eigenvalue weighted by molar-refractivity contribution is 6.10. The first-order valence-electron chi connectivity index (χ1n) is 9.54. The number of guanidine groups is 1. The molecule has 5 heteroatoms. The first-order valence-corrected chi connectivity index (χ1v) is 9.54. The molecule has 3 rings (SSSR count). The molecule has 1 amide bonds. The van der Waals surface area contributed by atoms with E-state index in [-0.39, 0.29) is 12.0 Å². The highest BCUT2D eigenvalue weighted by Crippen LogP contribution is 2.13. The molecule has 2 N–H and O–H groups in total. The van der Waals surface area contributed by atoms with Crippen LogP contribution in [0.15, 0.2) is 53.5 Å². The van der Waals surface area contributed by atoms with Gasteiger partial charge in [0.1, 0.15) is 0 Å². The summed E-state index contributed by atoms with van der Waals surface area (Å²) in [5, 5.41) is 6.14. The van der Waals surface area contributed by atoms with Crippen LogP contribution in [-0.2, 0) is 11.2 Å². The summed E-state index contributed by atoms with van der Waals surface area (Å²) in [6.45, 7) is 5.41. The lowest BCUT2D eigenvalue weighted by Crippen LogP contribution is -2.36. The standard InChI is InChI=1S/C22H27N3O2/c1-3-17-9-11-19(12-10-17)24-22(23-15-20-8-5-13-27-20)25-21(26)18-7-4-6-16(2)14-18/h4,6-7,9-12,14,20H,3,5,8,13,15H2,1-2H3,(H2,23,24,25,26)/t20-/m1/s1. The molecule has 142 valence electrons. The number of anilines is 1. The zero-order valence-electron chi connectivity index (χ0n) is 16.0. The Morgan fingerprint density at radius 3 is 2.70 bits per heavy atom. The van der Waals surface area contributed by atoms with Crippen molar-refractivity contribution in [1.29, 1.82) is 0 Å². The molecular formula is C22H27N3O2. The van der Waals surface area contributed by atoms with Gasteiger partial charge in [-0.15, -0.1) is 0 Å². The molecular weight excluding hydrogens is 338 g/mol. The lowest BCUT2D eigenvalue weighted by Gasteiger charge is -2.14. The third kappa shape index (κ3) is 5.66. The van der Waals surface area contributed by atoms with Gasteiger partial charge in [0.15, 0.2) is 0 Å². The van der Waals surface area contributed by atoms with Gasteiger partial charge >= 0.3 is 0 Å². The molecule has 1 fully saturated rings. The van der Waals surface area contributed by atoms with Gasteiger partial charge in [-0.1, -0.05) is 36.8 Å². The summed E-state index contributed by atoms with van der Waals surface area (Å²) in [5.41, 5.74) is 3.82. The predicted molar refractivity (Wildman–Crippen MR) is 109 cm³/mol. The van der Waals surface area contributed by atoms with E-state index in [2.05, 4.69) is 34.7 Å². The molecule has 0 spiro atoms. The van der Waals surface area contributed by atoms with Crippen LogP contribution in [0.3, 0.4) is 0 Å². The molecule has 1 atom stereocenters. The van der Waals surface area contributed by atoms with E-state index >= 15 is 0 Å².